The number of nitrogens with one attached hydrogen (secondary N) is 1. The van der Waals surface area contributed by atoms with Crippen molar-refractivity contribution in [3.63, 3.8) is 0 Å². The molecule has 2 aromatic rings. The summed E-state index contributed by atoms with van der Waals surface area (Å²) >= 11 is 5.32. The van der Waals surface area contributed by atoms with Crippen molar-refractivity contribution in [1.82, 2.24) is 5.32 Å². The zero-order chi connectivity index (χ0) is 14.1. The third-order valence-electron chi connectivity index (χ3n) is 3.60. The lowest BCUT2D eigenvalue weighted by atomic mass is 9.95. The molecule has 1 aromatic carbocycles. The Hall–Kier alpha value is -1.04. The minimum absolute atomic E-state index is 0.0859. The van der Waals surface area contributed by atoms with Crippen LogP contribution in [0.25, 0.3) is 0 Å². The zero-order valence-corrected chi connectivity index (χ0v) is 13.8. The molecule has 0 saturated carbocycles. The molecule has 2 atom stereocenters. The molecule has 3 rings (SSSR count). The Morgan fingerprint density at radius 3 is 2.90 bits per heavy atom. The molecule has 0 bridgehead atoms. The van der Waals surface area contributed by atoms with Gasteiger partial charge in [0, 0.05) is 22.5 Å². The van der Waals surface area contributed by atoms with Crippen LogP contribution in [0.4, 0.5) is 0 Å². The lowest BCUT2D eigenvalue weighted by Crippen LogP contribution is -2.26. The Bertz CT molecular complexity index is 614. The van der Waals surface area contributed by atoms with Crippen LogP contribution in [-0.4, -0.2) is 14.2 Å². The molecule has 20 heavy (non-hydrogen) atoms. The maximum atomic E-state index is 6.17. The number of halogens is 1. The molecule has 1 aliphatic rings. The third-order valence-corrected chi connectivity index (χ3v) is 5.56. The number of fused-ring (bicyclic) bond motifs is 1. The Morgan fingerprint density at radius 2 is 2.25 bits per heavy atom. The number of hydrogen-bond acceptors (Lipinski definition) is 4. The largest absolute Gasteiger partial charge is 0.497 e. The zero-order valence-electron chi connectivity index (χ0n) is 11.4. The Balaban J connectivity index is 1.97. The van der Waals surface area contributed by atoms with E-state index in [9.17, 15) is 0 Å². The van der Waals surface area contributed by atoms with E-state index in [1.54, 1.807) is 18.4 Å². The lowest BCUT2D eigenvalue weighted by Gasteiger charge is -2.32. The predicted molar refractivity (Wildman–Crippen MR) is 84.8 cm³/mol. The van der Waals surface area contributed by atoms with Gasteiger partial charge < -0.3 is 14.8 Å². The van der Waals surface area contributed by atoms with Crippen LogP contribution in [-0.2, 0) is 0 Å². The monoisotopic (exact) mass is 353 g/mol. The van der Waals surface area contributed by atoms with Crippen LogP contribution in [0.1, 0.15) is 29.0 Å². The van der Waals surface area contributed by atoms with Crippen molar-refractivity contribution < 1.29 is 9.47 Å². The number of hydrogen-bond donors (Lipinski definition) is 1. The van der Waals surface area contributed by atoms with E-state index in [2.05, 4.69) is 38.8 Å². The number of methoxy groups -OCH3 is 1. The van der Waals surface area contributed by atoms with Crippen LogP contribution >= 0.6 is 27.3 Å². The molecule has 2 heterocycles. The van der Waals surface area contributed by atoms with Gasteiger partial charge in [-0.1, -0.05) is 0 Å². The normalized spacial score (nSPS) is 21.1. The van der Waals surface area contributed by atoms with Gasteiger partial charge in [-0.25, -0.2) is 0 Å². The van der Waals surface area contributed by atoms with Gasteiger partial charge in [0.15, 0.2) is 0 Å². The van der Waals surface area contributed by atoms with E-state index in [4.69, 9.17) is 9.47 Å². The number of benzene rings is 1. The van der Waals surface area contributed by atoms with Gasteiger partial charge in [0.05, 0.1) is 12.0 Å². The first kappa shape index (κ1) is 13.9. The lowest BCUT2D eigenvalue weighted by molar-refractivity contribution is 0.156. The summed E-state index contributed by atoms with van der Waals surface area (Å²) in [5.74, 6) is 1.80. The van der Waals surface area contributed by atoms with Crippen LogP contribution in [0, 0.1) is 0 Å². The SMILES string of the molecule is CNC1CC(c2sccc2Br)Oc2ccc(OC)cc21. The van der Waals surface area contributed by atoms with Gasteiger partial charge in [0.25, 0.3) is 0 Å². The van der Waals surface area contributed by atoms with Gasteiger partial charge >= 0.3 is 0 Å². The summed E-state index contributed by atoms with van der Waals surface area (Å²) in [6.45, 7) is 0. The summed E-state index contributed by atoms with van der Waals surface area (Å²) in [6.07, 6.45) is 0.998. The summed E-state index contributed by atoms with van der Waals surface area (Å²) in [5.41, 5.74) is 1.16. The molecule has 1 aliphatic heterocycles. The van der Waals surface area contributed by atoms with Crippen molar-refractivity contribution in [2.24, 2.45) is 0 Å². The third kappa shape index (κ3) is 2.45. The van der Waals surface area contributed by atoms with Gasteiger partial charge in [0.1, 0.15) is 17.6 Å². The van der Waals surface area contributed by atoms with Crippen LogP contribution in [0.3, 0.4) is 0 Å². The van der Waals surface area contributed by atoms with E-state index in [1.807, 2.05) is 19.2 Å². The van der Waals surface area contributed by atoms with Crippen molar-refractivity contribution in [1.29, 1.82) is 0 Å². The highest BCUT2D eigenvalue weighted by Crippen LogP contribution is 2.44. The fourth-order valence-corrected chi connectivity index (χ4v) is 4.21. The summed E-state index contributed by atoms with van der Waals surface area (Å²) < 4.78 is 12.6. The predicted octanol–water partition coefficient (Wildman–Crippen LogP) is 4.30. The van der Waals surface area contributed by atoms with E-state index in [0.717, 1.165) is 28.0 Å². The second-order valence-electron chi connectivity index (χ2n) is 4.72. The molecule has 0 radical (unpaired) electrons. The average Bonchev–Trinajstić information content (AvgIpc) is 2.91. The molecule has 0 spiro atoms. The molecule has 0 aliphatic carbocycles. The molecular weight excluding hydrogens is 338 g/mol. The molecule has 1 aromatic heterocycles. The van der Waals surface area contributed by atoms with Crippen LogP contribution in [0.15, 0.2) is 34.1 Å². The highest BCUT2D eigenvalue weighted by Gasteiger charge is 2.30. The topological polar surface area (TPSA) is 30.5 Å². The van der Waals surface area contributed by atoms with Crippen molar-refractivity contribution in [3.8, 4) is 11.5 Å². The quantitative estimate of drug-likeness (QED) is 0.891. The molecule has 0 saturated heterocycles. The van der Waals surface area contributed by atoms with E-state index >= 15 is 0 Å². The smallest absolute Gasteiger partial charge is 0.136 e. The highest BCUT2D eigenvalue weighted by molar-refractivity contribution is 9.10. The van der Waals surface area contributed by atoms with Gasteiger partial charge in [0.2, 0.25) is 0 Å². The fourth-order valence-electron chi connectivity index (χ4n) is 2.54. The van der Waals surface area contributed by atoms with Crippen molar-refractivity contribution in [3.05, 3.63) is 44.6 Å². The van der Waals surface area contributed by atoms with E-state index in [0.29, 0.717) is 0 Å². The average molecular weight is 354 g/mol. The first-order chi connectivity index (χ1) is 9.72. The molecule has 1 N–H and O–H groups in total. The molecular formula is C15H16BrNO2S. The van der Waals surface area contributed by atoms with Crippen LogP contribution < -0.4 is 14.8 Å². The molecule has 2 unspecified atom stereocenters. The van der Waals surface area contributed by atoms with Crippen LogP contribution in [0.2, 0.25) is 0 Å². The van der Waals surface area contributed by atoms with Crippen molar-refractivity contribution in [2.75, 3.05) is 14.2 Å². The Labute approximate surface area is 131 Å². The summed E-state index contributed by atoms with van der Waals surface area (Å²) in [7, 11) is 3.67. The minimum Gasteiger partial charge on any atom is -0.497 e. The first-order valence-electron chi connectivity index (χ1n) is 6.47. The number of thiophene rings is 1. The van der Waals surface area contributed by atoms with Crippen molar-refractivity contribution >= 4 is 27.3 Å². The van der Waals surface area contributed by atoms with Gasteiger partial charge in [-0.05, 0) is 52.6 Å². The maximum Gasteiger partial charge on any atom is 0.136 e. The first-order valence-corrected chi connectivity index (χ1v) is 8.15. The number of rotatable bonds is 3. The molecule has 5 heteroatoms. The van der Waals surface area contributed by atoms with E-state index < -0.39 is 0 Å². The molecule has 0 amide bonds. The van der Waals surface area contributed by atoms with Gasteiger partial charge in [-0.15, -0.1) is 11.3 Å². The standard InChI is InChI=1S/C15H16BrNO2S/c1-17-12-8-14(15-11(16)5-6-20-15)19-13-4-3-9(18-2)7-10(12)13/h3-7,12,14,17H,8H2,1-2H3. The van der Waals surface area contributed by atoms with E-state index in [-0.39, 0.29) is 12.1 Å². The second kappa shape index (κ2) is 5.76. The molecule has 0 fully saturated rings. The highest BCUT2D eigenvalue weighted by atomic mass is 79.9. The number of ether oxygens (including phenoxy) is 2. The second-order valence-corrected chi connectivity index (χ2v) is 6.52. The summed E-state index contributed by atoms with van der Waals surface area (Å²) in [5, 5.41) is 5.46. The van der Waals surface area contributed by atoms with Gasteiger partial charge in [-0.3, -0.25) is 0 Å². The van der Waals surface area contributed by atoms with Crippen molar-refractivity contribution in [2.45, 2.75) is 18.6 Å². The Morgan fingerprint density at radius 1 is 1.40 bits per heavy atom. The molecule has 3 nitrogen and oxygen atoms in total. The van der Waals surface area contributed by atoms with E-state index in [1.165, 1.54) is 4.88 Å². The maximum absolute atomic E-state index is 6.17. The molecule has 106 valence electrons. The Kier molecular flexibility index (Phi) is 4.01. The fraction of sp³-hybridized carbons (Fsp3) is 0.333. The van der Waals surface area contributed by atoms with Gasteiger partial charge in [-0.2, -0.15) is 0 Å². The minimum atomic E-state index is 0.0859. The van der Waals surface area contributed by atoms with Crippen LogP contribution in [0.5, 0.6) is 11.5 Å². The summed E-state index contributed by atoms with van der Waals surface area (Å²) in [4.78, 5) is 1.24. The summed E-state index contributed by atoms with van der Waals surface area (Å²) in [6, 6.07) is 8.33.